The lowest BCUT2D eigenvalue weighted by atomic mass is 9.87. The molecular formula is C13H27NO2. The van der Waals surface area contributed by atoms with Crippen LogP contribution in [0, 0.1) is 11.3 Å². The van der Waals surface area contributed by atoms with Gasteiger partial charge in [0.2, 0.25) is 0 Å². The molecule has 3 heteroatoms. The van der Waals surface area contributed by atoms with Crippen LogP contribution in [0.2, 0.25) is 0 Å². The summed E-state index contributed by atoms with van der Waals surface area (Å²) in [7, 11) is 2.09. The maximum absolute atomic E-state index is 9.62. The Morgan fingerprint density at radius 3 is 2.56 bits per heavy atom. The molecule has 0 amide bonds. The van der Waals surface area contributed by atoms with Gasteiger partial charge in [0.15, 0.2) is 0 Å². The molecule has 1 aliphatic carbocycles. The highest BCUT2D eigenvalue weighted by Crippen LogP contribution is 2.28. The predicted octanol–water partition coefficient (Wildman–Crippen LogP) is 1.75. The maximum Gasteiger partial charge on any atom is 0.0593 e. The summed E-state index contributed by atoms with van der Waals surface area (Å²) in [4.78, 5) is 2.24. The van der Waals surface area contributed by atoms with E-state index >= 15 is 0 Å². The average molecular weight is 229 g/mol. The Morgan fingerprint density at radius 1 is 1.44 bits per heavy atom. The van der Waals surface area contributed by atoms with E-state index < -0.39 is 0 Å². The normalized spacial score (nSPS) is 19.1. The standard InChI is InChI=1S/C13H27NO2/c1-11(15)13(2,3)10-14(4)7-8-16-9-12-5-6-12/h11-12,15H,5-10H2,1-4H3. The molecule has 0 heterocycles. The molecule has 3 nitrogen and oxygen atoms in total. The second-order valence-corrected chi connectivity index (χ2v) is 5.92. The molecule has 0 aromatic carbocycles. The molecule has 1 fully saturated rings. The fraction of sp³-hybridized carbons (Fsp3) is 1.00. The minimum Gasteiger partial charge on any atom is -0.393 e. The van der Waals surface area contributed by atoms with Gasteiger partial charge >= 0.3 is 0 Å². The van der Waals surface area contributed by atoms with Crippen molar-refractivity contribution in [2.45, 2.75) is 39.7 Å². The Bertz CT molecular complexity index is 200. The lowest BCUT2D eigenvalue weighted by molar-refractivity contribution is 0.0304. The van der Waals surface area contributed by atoms with Gasteiger partial charge in [-0.2, -0.15) is 0 Å². The van der Waals surface area contributed by atoms with Gasteiger partial charge in [0.25, 0.3) is 0 Å². The number of ether oxygens (including phenoxy) is 1. The molecule has 0 bridgehead atoms. The molecule has 1 saturated carbocycles. The van der Waals surface area contributed by atoms with Crippen LogP contribution in [0.15, 0.2) is 0 Å². The molecule has 1 N–H and O–H groups in total. The first-order valence-electron chi connectivity index (χ1n) is 6.36. The Balaban J connectivity index is 2.06. The molecule has 1 rings (SSSR count). The van der Waals surface area contributed by atoms with Crippen LogP contribution >= 0.6 is 0 Å². The number of aliphatic hydroxyl groups is 1. The quantitative estimate of drug-likeness (QED) is 0.644. The van der Waals surface area contributed by atoms with Crippen LogP contribution in [0.25, 0.3) is 0 Å². The SMILES string of the molecule is CC(O)C(C)(C)CN(C)CCOCC1CC1. The van der Waals surface area contributed by atoms with Gasteiger partial charge in [0, 0.05) is 25.1 Å². The molecule has 0 aliphatic heterocycles. The van der Waals surface area contributed by atoms with Crippen LogP contribution in [0.5, 0.6) is 0 Å². The predicted molar refractivity (Wildman–Crippen MR) is 66.5 cm³/mol. The van der Waals surface area contributed by atoms with Gasteiger partial charge in [-0.1, -0.05) is 13.8 Å². The monoisotopic (exact) mass is 229 g/mol. The van der Waals surface area contributed by atoms with E-state index in [4.69, 9.17) is 4.74 Å². The zero-order valence-corrected chi connectivity index (χ0v) is 11.2. The summed E-state index contributed by atoms with van der Waals surface area (Å²) in [6, 6.07) is 0. The number of rotatable bonds is 8. The third kappa shape index (κ3) is 5.28. The van der Waals surface area contributed by atoms with E-state index in [1.165, 1.54) is 12.8 Å². The van der Waals surface area contributed by atoms with E-state index in [2.05, 4.69) is 25.8 Å². The maximum atomic E-state index is 9.62. The summed E-state index contributed by atoms with van der Waals surface area (Å²) in [5.41, 5.74) is -0.0504. The molecule has 0 aromatic rings. The summed E-state index contributed by atoms with van der Waals surface area (Å²) in [5.74, 6) is 0.846. The van der Waals surface area contributed by atoms with Crippen molar-refractivity contribution < 1.29 is 9.84 Å². The van der Waals surface area contributed by atoms with E-state index in [9.17, 15) is 5.11 Å². The van der Waals surface area contributed by atoms with Crippen LogP contribution in [-0.4, -0.2) is 49.5 Å². The van der Waals surface area contributed by atoms with Crippen LogP contribution in [-0.2, 0) is 4.74 Å². The zero-order chi connectivity index (χ0) is 12.2. The van der Waals surface area contributed by atoms with Crippen molar-refractivity contribution in [3.63, 3.8) is 0 Å². The summed E-state index contributed by atoms with van der Waals surface area (Å²) in [6.45, 7) is 9.65. The summed E-state index contributed by atoms with van der Waals surface area (Å²) < 4.78 is 5.60. The van der Waals surface area contributed by atoms with Crippen molar-refractivity contribution in [1.29, 1.82) is 0 Å². The molecule has 1 unspecified atom stereocenters. The van der Waals surface area contributed by atoms with Crippen LogP contribution in [0.4, 0.5) is 0 Å². The first kappa shape index (κ1) is 13.9. The largest absolute Gasteiger partial charge is 0.393 e. The second kappa shape index (κ2) is 5.99. The van der Waals surface area contributed by atoms with E-state index in [0.717, 1.165) is 32.2 Å². The molecule has 0 radical (unpaired) electrons. The van der Waals surface area contributed by atoms with Gasteiger partial charge in [-0.25, -0.2) is 0 Å². The van der Waals surface area contributed by atoms with Crippen LogP contribution in [0.1, 0.15) is 33.6 Å². The van der Waals surface area contributed by atoms with Crippen molar-refractivity contribution in [3.05, 3.63) is 0 Å². The van der Waals surface area contributed by atoms with Crippen molar-refractivity contribution in [1.82, 2.24) is 4.90 Å². The highest BCUT2D eigenvalue weighted by atomic mass is 16.5. The van der Waals surface area contributed by atoms with Crippen molar-refractivity contribution >= 4 is 0 Å². The molecule has 1 aliphatic rings. The van der Waals surface area contributed by atoms with Gasteiger partial charge in [-0.3, -0.25) is 0 Å². The van der Waals surface area contributed by atoms with E-state index in [1.807, 2.05) is 6.92 Å². The van der Waals surface area contributed by atoms with Crippen LogP contribution in [0.3, 0.4) is 0 Å². The van der Waals surface area contributed by atoms with Gasteiger partial charge < -0.3 is 14.7 Å². The third-order valence-corrected chi connectivity index (χ3v) is 3.48. The molecule has 16 heavy (non-hydrogen) atoms. The molecule has 1 atom stereocenters. The Morgan fingerprint density at radius 2 is 2.06 bits per heavy atom. The summed E-state index contributed by atoms with van der Waals surface area (Å²) >= 11 is 0. The molecular weight excluding hydrogens is 202 g/mol. The fourth-order valence-corrected chi connectivity index (χ4v) is 1.66. The first-order chi connectivity index (χ1) is 7.42. The number of aliphatic hydroxyl groups excluding tert-OH is 1. The number of nitrogens with zero attached hydrogens (tertiary/aromatic N) is 1. The molecule has 0 spiro atoms. The van der Waals surface area contributed by atoms with Crippen molar-refractivity contribution in [2.75, 3.05) is 33.4 Å². The highest BCUT2D eigenvalue weighted by Gasteiger charge is 2.25. The lowest BCUT2D eigenvalue weighted by Crippen LogP contribution is -2.39. The van der Waals surface area contributed by atoms with Crippen molar-refractivity contribution in [3.8, 4) is 0 Å². The zero-order valence-electron chi connectivity index (χ0n) is 11.2. The van der Waals surface area contributed by atoms with Gasteiger partial charge in [-0.15, -0.1) is 0 Å². The third-order valence-electron chi connectivity index (χ3n) is 3.48. The minimum absolute atomic E-state index is 0.0504. The summed E-state index contributed by atoms with van der Waals surface area (Å²) in [6.07, 6.45) is 2.43. The average Bonchev–Trinajstić information content (AvgIpc) is 2.95. The minimum atomic E-state index is -0.276. The van der Waals surface area contributed by atoms with E-state index in [0.29, 0.717) is 0 Å². The molecule has 96 valence electrons. The number of hydrogen-bond donors (Lipinski definition) is 1. The van der Waals surface area contributed by atoms with Crippen LogP contribution < -0.4 is 0 Å². The second-order valence-electron chi connectivity index (χ2n) is 5.92. The first-order valence-corrected chi connectivity index (χ1v) is 6.36. The van der Waals surface area contributed by atoms with Gasteiger partial charge in [0.1, 0.15) is 0 Å². The van der Waals surface area contributed by atoms with E-state index in [1.54, 1.807) is 0 Å². The Labute approximate surface area is 99.8 Å². The Hall–Kier alpha value is -0.120. The molecule has 0 aromatic heterocycles. The highest BCUT2D eigenvalue weighted by molar-refractivity contribution is 4.77. The lowest BCUT2D eigenvalue weighted by Gasteiger charge is -2.32. The van der Waals surface area contributed by atoms with E-state index in [-0.39, 0.29) is 11.5 Å². The van der Waals surface area contributed by atoms with Gasteiger partial charge in [0.05, 0.1) is 12.7 Å². The van der Waals surface area contributed by atoms with Crippen molar-refractivity contribution in [2.24, 2.45) is 11.3 Å². The number of hydrogen-bond acceptors (Lipinski definition) is 3. The van der Waals surface area contributed by atoms with Gasteiger partial charge in [-0.05, 0) is 32.7 Å². The Kier molecular flexibility index (Phi) is 5.22. The molecule has 0 saturated heterocycles. The summed E-state index contributed by atoms with van der Waals surface area (Å²) in [5, 5.41) is 9.62. The number of likely N-dealkylation sites (N-methyl/N-ethyl adjacent to an activating group) is 1. The smallest absolute Gasteiger partial charge is 0.0593 e. The fourth-order valence-electron chi connectivity index (χ4n) is 1.66. The topological polar surface area (TPSA) is 32.7 Å².